The summed E-state index contributed by atoms with van der Waals surface area (Å²) in [4.78, 5) is 0. The molecule has 7 heteroatoms. The minimum atomic E-state index is -1.59. The van der Waals surface area contributed by atoms with Crippen molar-refractivity contribution in [2.75, 3.05) is 20.3 Å². The summed E-state index contributed by atoms with van der Waals surface area (Å²) in [6.07, 6.45) is 0. The van der Waals surface area contributed by atoms with Gasteiger partial charge >= 0.3 is 0 Å². The summed E-state index contributed by atoms with van der Waals surface area (Å²) < 4.78 is 61.0. The highest BCUT2D eigenvalue weighted by Gasteiger charge is 2.21. The average molecular weight is 253 g/mol. The Kier molecular flexibility index (Phi) is 4.71. The van der Waals surface area contributed by atoms with Gasteiger partial charge in [-0.15, -0.1) is 0 Å². The van der Waals surface area contributed by atoms with Gasteiger partial charge in [0.15, 0.2) is 17.4 Å². The van der Waals surface area contributed by atoms with Crippen LogP contribution in [0.15, 0.2) is 6.07 Å². The predicted octanol–water partition coefficient (Wildman–Crippen LogP) is 1.60. The maximum Gasteiger partial charge on any atom is 0.203 e. The summed E-state index contributed by atoms with van der Waals surface area (Å²) in [7, 11) is 1.38. The molecule has 2 N–H and O–H groups in total. The van der Waals surface area contributed by atoms with Crippen molar-refractivity contribution in [2.24, 2.45) is 5.73 Å². The number of methoxy groups -OCH3 is 1. The SMILES string of the molecule is COCC(N)COc1c(F)c(F)cc(F)c1F. The van der Waals surface area contributed by atoms with Crippen molar-refractivity contribution in [3.63, 3.8) is 0 Å². The fourth-order valence-electron chi connectivity index (χ4n) is 1.13. The second-order valence-corrected chi connectivity index (χ2v) is 3.32. The molecule has 0 aliphatic heterocycles. The molecule has 1 aromatic carbocycles. The summed E-state index contributed by atoms with van der Waals surface area (Å²) in [5.41, 5.74) is 5.43. The summed E-state index contributed by atoms with van der Waals surface area (Å²) in [6.45, 7) is -0.244. The fourth-order valence-corrected chi connectivity index (χ4v) is 1.13. The topological polar surface area (TPSA) is 44.5 Å². The number of nitrogens with two attached hydrogens (primary N) is 1. The first-order valence-electron chi connectivity index (χ1n) is 4.67. The first kappa shape index (κ1) is 13.7. The molecule has 1 rings (SSSR count). The number of ether oxygens (including phenoxy) is 2. The largest absolute Gasteiger partial charge is 0.486 e. The lowest BCUT2D eigenvalue weighted by atomic mass is 10.3. The van der Waals surface area contributed by atoms with E-state index in [0.29, 0.717) is 0 Å². The lowest BCUT2D eigenvalue weighted by molar-refractivity contribution is 0.148. The van der Waals surface area contributed by atoms with Crippen molar-refractivity contribution < 1.29 is 27.0 Å². The average Bonchev–Trinajstić information content (AvgIpc) is 2.27. The molecule has 0 amide bonds. The van der Waals surface area contributed by atoms with Gasteiger partial charge < -0.3 is 15.2 Å². The van der Waals surface area contributed by atoms with Crippen molar-refractivity contribution >= 4 is 0 Å². The molecule has 0 spiro atoms. The van der Waals surface area contributed by atoms with E-state index >= 15 is 0 Å². The third kappa shape index (κ3) is 3.31. The van der Waals surface area contributed by atoms with Crippen LogP contribution in [0.5, 0.6) is 5.75 Å². The van der Waals surface area contributed by atoms with Crippen molar-refractivity contribution in [2.45, 2.75) is 6.04 Å². The second kappa shape index (κ2) is 5.83. The van der Waals surface area contributed by atoms with Crippen LogP contribution >= 0.6 is 0 Å². The van der Waals surface area contributed by atoms with Gasteiger partial charge in [0.2, 0.25) is 11.6 Å². The molecule has 0 aromatic heterocycles. The van der Waals surface area contributed by atoms with E-state index in [-0.39, 0.29) is 19.3 Å². The molecule has 0 aliphatic rings. The van der Waals surface area contributed by atoms with E-state index in [9.17, 15) is 17.6 Å². The Balaban J connectivity index is 2.83. The molecule has 0 heterocycles. The summed E-state index contributed by atoms with van der Waals surface area (Å²) in [6, 6.07) is -0.558. The number of hydrogen-bond donors (Lipinski definition) is 1. The van der Waals surface area contributed by atoms with Crippen LogP contribution in [0.1, 0.15) is 0 Å². The Morgan fingerprint density at radius 1 is 1.12 bits per heavy atom. The highest BCUT2D eigenvalue weighted by Crippen LogP contribution is 2.26. The van der Waals surface area contributed by atoms with Crippen molar-refractivity contribution in [1.82, 2.24) is 0 Å². The third-order valence-corrected chi connectivity index (χ3v) is 1.89. The Hall–Kier alpha value is -1.34. The molecule has 0 saturated heterocycles. The van der Waals surface area contributed by atoms with E-state index in [4.69, 9.17) is 5.73 Å². The van der Waals surface area contributed by atoms with Crippen LogP contribution in [-0.2, 0) is 4.74 Å². The molecule has 0 radical (unpaired) electrons. The van der Waals surface area contributed by atoms with Gasteiger partial charge in [0, 0.05) is 13.2 Å². The number of benzene rings is 1. The first-order chi connectivity index (χ1) is 7.97. The molecular weight excluding hydrogens is 242 g/mol. The normalized spacial score (nSPS) is 12.6. The number of rotatable bonds is 5. The van der Waals surface area contributed by atoms with E-state index in [2.05, 4.69) is 9.47 Å². The van der Waals surface area contributed by atoms with Crippen LogP contribution in [0.2, 0.25) is 0 Å². The maximum atomic E-state index is 13.1. The van der Waals surface area contributed by atoms with Gasteiger partial charge in [-0.3, -0.25) is 0 Å². The maximum absolute atomic E-state index is 13.1. The van der Waals surface area contributed by atoms with Gasteiger partial charge in [-0.2, -0.15) is 8.78 Å². The zero-order valence-electron chi connectivity index (χ0n) is 8.97. The smallest absolute Gasteiger partial charge is 0.203 e. The Labute approximate surface area is 95.1 Å². The van der Waals surface area contributed by atoms with E-state index in [1.54, 1.807) is 0 Å². The van der Waals surface area contributed by atoms with Crippen molar-refractivity contribution in [1.29, 1.82) is 0 Å². The van der Waals surface area contributed by atoms with Gasteiger partial charge in [0.25, 0.3) is 0 Å². The molecule has 1 unspecified atom stereocenters. The Morgan fingerprint density at radius 3 is 2.12 bits per heavy atom. The van der Waals surface area contributed by atoms with Crippen molar-refractivity contribution in [3.05, 3.63) is 29.3 Å². The van der Waals surface area contributed by atoms with Crippen LogP contribution < -0.4 is 10.5 Å². The molecule has 0 saturated carbocycles. The summed E-state index contributed by atoms with van der Waals surface area (Å²) in [5, 5.41) is 0. The summed E-state index contributed by atoms with van der Waals surface area (Å²) in [5.74, 6) is -7.35. The molecule has 3 nitrogen and oxygen atoms in total. The van der Waals surface area contributed by atoms with Gasteiger partial charge in [0.1, 0.15) is 6.61 Å². The van der Waals surface area contributed by atoms with E-state index in [1.165, 1.54) is 7.11 Å². The van der Waals surface area contributed by atoms with E-state index in [0.717, 1.165) is 0 Å². The lowest BCUT2D eigenvalue weighted by Gasteiger charge is -2.13. The summed E-state index contributed by atoms with van der Waals surface area (Å²) >= 11 is 0. The minimum absolute atomic E-state index is 0.0844. The lowest BCUT2D eigenvalue weighted by Crippen LogP contribution is -2.32. The molecule has 17 heavy (non-hydrogen) atoms. The van der Waals surface area contributed by atoms with Gasteiger partial charge in [-0.25, -0.2) is 8.78 Å². The van der Waals surface area contributed by atoms with Crippen LogP contribution in [0, 0.1) is 23.3 Å². The minimum Gasteiger partial charge on any atom is -0.486 e. The van der Waals surface area contributed by atoms with Gasteiger partial charge in [0.05, 0.1) is 12.6 Å². The standard InChI is InChI=1S/C10H11F4NO2/c1-16-3-5(15)4-17-10-8(13)6(11)2-7(12)9(10)14/h2,5H,3-4,15H2,1H3. The molecule has 96 valence electrons. The molecular formula is C10H11F4NO2. The molecule has 1 atom stereocenters. The van der Waals surface area contributed by atoms with Crippen molar-refractivity contribution in [3.8, 4) is 5.75 Å². The Morgan fingerprint density at radius 2 is 1.65 bits per heavy atom. The highest BCUT2D eigenvalue weighted by molar-refractivity contribution is 5.28. The molecule has 1 aromatic rings. The monoisotopic (exact) mass is 253 g/mol. The zero-order chi connectivity index (χ0) is 13.0. The van der Waals surface area contributed by atoms with Crippen LogP contribution in [0.25, 0.3) is 0 Å². The molecule has 0 aliphatic carbocycles. The third-order valence-electron chi connectivity index (χ3n) is 1.89. The Bertz CT molecular complexity index is 374. The highest BCUT2D eigenvalue weighted by atomic mass is 19.2. The number of halogens is 4. The van der Waals surface area contributed by atoms with E-state index < -0.39 is 35.1 Å². The first-order valence-corrected chi connectivity index (χ1v) is 4.67. The predicted molar refractivity (Wildman–Crippen MR) is 51.6 cm³/mol. The fraction of sp³-hybridized carbons (Fsp3) is 0.400. The van der Waals surface area contributed by atoms with Crippen LogP contribution in [0.4, 0.5) is 17.6 Å². The van der Waals surface area contributed by atoms with E-state index in [1.807, 2.05) is 0 Å². The molecule has 0 fully saturated rings. The molecule has 0 bridgehead atoms. The zero-order valence-corrected chi connectivity index (χ0v) is 8.97. The van der Waals surface area contributed by atoms with Gasteiger partial charge in [-0.05, 0) is 0 Å². The number of hydrogen-bond acceptors (Lipinski definition) is 3. The van der Waals surface area contributed by atoms with Gasteiger partial charge in [-0.1, -0.05) is 0 Å². The quantitative estimate of drug-likeness (QED) is 0.640. The second-order valence-electron chi connectivity index (χ2n) is 3.32. The van der Waals surface area contributed by atoms with Crippen LogP contribution in [-0.4, -0.2) is 26.4 Å². The van der Waals surface area contributed by atoms with Crippen LogP contribution in [0.3, 0.4) is 0 Å².